The van der Waals surface area contributed by atoms with Crippen LogP contribution >= 0.6 is 0 Å². The number of halogens is 2. The van der Waals surface area contributed by atoms with Crippen LogP contribution in [0.4, 0.5) is 8.78 Å². The third kappa shape index (κ3) is 5.42. The summed E-state index contributed by atoms with van der Waals surface area (Å²) in [5.74, 6) is -1.89. The lowest BCUT2D eigenvalue weighted by Gasteiger charge is -2.18. The molecule has 0 fully saturated rings. The molecule has 1 atom stereocenters. The number of aryl methyl sites for hydroxylation is 1. The minimum Gasteiger partial charge on any atom is -0.497 e. The number of carbonyl (C=O) groups excluding carboxylic acids is 2. The smallest absolute Gasteiger partial charge is 0.246 e. The van der Waals surface area contributed by atoms with E-state index in [9.17, 15) is 18.4 Å². The second-order valence-corrected chi connectivity index (χ2v) is 6.01. The maximum absolute atomic E-state index is 13.5. The van der Waals surface area contributed by atoms with E-state index in [0.717, 1.165) is 17.7 Å². The van der Waals surface area contributed by atoms with Gasteiger partial charge < -0.3 is 20.1 Å². The van der Waals surface area contributed by atoms with Crippen LogP contribution in [0.1, 0.15) is 23.6 Å². The molecule has 150 valence electrons. The van der Waals surface area contributed by atoms with E-state index in [1.54, 1.807) is 18.2 Å². The lowest BCUT2D eigenvalue weighted by atomic mass is 10.0. The first-order chi connectivity index (χ1) is 13.4. The molecular formula is C20H22F2N2O4. The monoisotopic (exact) mass is 392 g/mol. The summed E-state index contributed by atoms with van der Waals surface area (Å²) in [5, 5.41) is 4.96. The van der Waals surface area contributed by atoms with Crippen LogP contribution < -0.4 is 20.1 Å². The first-order valence-corrected chi connectivity index (χ1v) is 8.55. The van der Waals surface area contributed by atoms with Gasteiger partial charge in [-0.05, 0) is 41.8 Å². The van der Waals surface area contributed by atoms with Crippen molar-refractivity contribution in [2.75, 3.05) is 21.3 Å². The molecule has 6 nitrogen and oxygen atoms in total. The molecule has 0 aliphatic carbocycles. The summed E-state index contributed by atoms with van der Waals surface area (Å²) in [4.78, 5) is 24.5. The number of ether oxygens (including phenoxy) is 2. The Kier molecular flexibility index (Phi) is 7.31. The molecule has 0 heterocycles. The quantitative estimate of drug-likeness (QED) is 0.724. The van der Waals surface area contributed by atoms with Crippen molar-refractivity contribution in [1.82, 2.24) is 10.6 Å². The lowest BCUT2D eigenvalue weighted by Crippen LogP contribution is -2.39. The molecule has 0 aliphatic rings. The number of nitrogens with one attached hydrogen (secondary N) is 2. The van der Waals surface area contributed by atoms with E-state index >= 15 is 0 Å². The fourth-order valence-corrected chi connectivity index (χ4v) is 2.64. The normalized spacial score (nSPS) is 11.5. The highest BCUT2D eigenvalue weighted by atomic mass is 19.2. The predicted octanol–water partition coefficient (Wildman–Crippen LogP) is 2.52. The van der Waals surface area contributed by atoms with E-state index in [-0.39, 0.29) is 12.0 Å². The van der Waals surface area contributed by atoms with Crippen LogP contribution in [0.15, 0.2) is 36.4 Å². The zero-order valence-electron chi connectivity index (χ0n) is 15.8. The summed E-state index contributed by atoms with van der Waals surface area (Å²) in [5.41, 5.74) is 0.963. The molecular weight excluding hydrogens is 370 g/mol. The second-order valence-electron chi connectivity index (χ2n) is 6.01. The molecule has 0 aliphatic heterocycles. The summed E-state index contributed by atoms with van der Waals surface area (Å²) in [7, 11) is 4.45. The highest BCUT2D eigenvalue weighted by Crippen LogP contribution is 2.23. The van der Waals surface area contributed by atoms with Crippen LogP contribution in [-0.2, 0) is 16.0 Å². The summed E-state index contributed by atoms with van der Waals surface area (Å²) < 4.78 is 37.1. The minimum atomic E-state index is -1.13. The van der Waals surface area contributed by atoms with Gasteiger partial charge in [0, 0.05) is 19.5 Å². The average molecular weight is 392 g/mol. The molecule has 2 rings (SSSR count). The van der Waals surface area contributed by atoms with Crippen molar-refractivity contribution >= 4 is 11.8 Å². The summed E-state index contributed by atoms with van der Waals surface area (Å²) >= 11 is 0. The van der Waals surface area contributed by atoms with Crippen molar-refractivity contribution in [3.8, 4) is 11.5 Å². The van der Waals surface area contributed by atoms with Crippen LogP contribution in [0.3, 0.4) is 0 Å². The van der Waals surface area contributed by atoms with E-state index in [4.69, 9.17) is 9.47 Å². The van der Waals surface area contributed by atoms with Gasteiger partial charge in [-0.2, -0.15) is 0 Å². The van der Waals surface area contributed by atoms with Gasteiger partial charge in [-0.25, -0.2) is 8.78 Å². The molecule has 0 aromatic heterocycles. The Morgan fingerprint density at radius 1 is 1.00 bits per heavy atom. The van der Waals surface area contributed by atoms with Gasteiger partial charge in [0.15, 0.2) is 11.6 Å². The third-order valence-electron chi connectivity index (χ3n) is 4.14. The van der Waals surface area contributed by atoms with E-state index in [1.807, 2.05) is 0 Å². The highest BCUT2D eigenvalue weighted by Gasteiger charge is 2.23. The molecule has 28 heavy (non-hydrogen) atoms. The Bertz CT molecular complexity index is 836. The van der Waals surface area contributed by atoms with Crippen LogP contribution in [0, 0.1) is 11.6 Å². The maximum Gasteiger partial charge on any atom is 0.246 e. The summed E-state index contributed by atoms with van der Waals surface area (Å²) in [6.07, 6.45) is 0.450. The van der Waals surface area contributed by atoms with Gasteiger partial charge in [0.05, 0.1) is 14.2 Å². The predicted molar refractivity (Wildman–Crippen MR) is 99.2 cm³/mol. The Hall–Kier alpha value is -3.16. The fourth-order valence-electron chi connectivity index (χ4n) is 2.64. The first kappa shape index (κ1) is 21.1. The maximum atomic E-state index is 13.5. The number of hydrogen-bond acceptors (Lipinski definition) is 4. The Labute approximate surface area is 161 Å². The highest BCUT2D eigenvalue weighted by molar-refractivity contribution is 5.88. The van der Waals surface area contributed by atoms with Gasteiger partial charge >= 0.3 is 0 Å². The van der Waals surface area contributed by atoms with Gasteiger partial charge in [-0.1, -0.05) is 6.07 Å². The Balaban J connectivity index is 2.10. The SMILES string of the molecule is CNC(=O)C(NC(=O)CCc1cc(OC)cc(OC)c1)c1ccc(F)c(F)c1. The molecule has 0 radical (unpaired) electrons. The molecule has 0 saturated carbocycles. The number of methoxy groups -OCH3 is 2. The van der Waals surface area contributed by atoms with Crippen LogP contribution in [0.5, 0.6) is 11.5 Å². The topological polar surface area (TPSA) is 76.7 Å². The Morgan fingerprint density at radius 2 is 1.64 bits per heavy atom. The zero-order chi connectivity index (χ0) is 20.7. The molecule has 0 saturated heterocycles. The number of likely N-dealkylation sites (N-methyl/N-ethyl adjacent to an activating group) is 1. The minimum absolute atomic E-state index is 0.0769. The number of hydrogen-bond donors (Lipinski definition) is 2. The average Bonchev–Trinajstić information content (AvgIpc) is 2.71. The van der Waals surface area contributed by atoms with Gasteiger partial charge in [-0.15, -0.1) is 0 Å². The number of carbonyl (C=O) groups is 2. The van der Waals surface area contributed by atoms with Crippen molar-refractivity contribution in [3.05, 3.63) is 59.2 Å². The zero-order valence-corrected chi connectivity index (χ0v) is 15.8. The van der Waals surface area contributed by atoms with E-state index < -0.39 is 29.5 Å². The van der Waals surface area contributed by atoms with Gasteiger partial charge in [0.2, 0.25) is 11.8 Å². The molecule has 0 spiro atoms. The molecule has 1 unspecified atom stereocenters. The summed E-state index contributed by atoms with van der Waals surface area (Å²) in [6, 6.07) is 7.20. The van der Waals surface area contributed by atoms with Gasteiger partial charge in [-0.3, -0.25) is 9.59 Å². The van der Waals surface area contributed by atoms with Crippen molar-refractivity contribution < 1.29 is 27.8 Å². The van der Waals surface area contributed by atoms with Gasteiger partial charge in [0.25, 0.3) is 0 Å². The second kappa shape index (κ2) is 9.68. The largest absolute Gasteiger partial charge is 0.497 e. The number of benzene rings is 2. The van der Waals surface area contributed by atoms with E-state index in [0.29, 0.717) is 17.9 Å². The van der Waals surface area contributed by atoms with Crippen LogP contribution in [0.25, 0.3) is 0 Å². The number of amides is 2. The van der Waals surface area contributed by atoms with Gasteiger partial charge in [0.1, 0.15) is 17.5 Å². The molecule has 8 heteroatoms. The third-order valence-corrected chi connectivity index (χ3v) is 4.14. The first-order valence-electron chi connectivity index (χ1n) is 8.55. The van der Waals surface area contributed by atoms with Crippen LogP contribution in [-0.4, -0.2) is 33.1 Å². The number of rotatable bonds is 8. The molecule has 2 amide bonds. The van der Waals surface area contributed by atoms with Crippen molar-refractivity contribution in [3.63, 3.8) is 0 Å². The summed E-state index contributed by atoms with van der Waals surface area (Å²) in [6.45, 7) is 0. The molecule has 2 aromatic carbocycles. The lowest BCUT2D eigenvalue weighted by molar-refractivity contribution is -0.128. The molecule has 2 N–H and O–H groups in total. The van der Waals surface area contributed by atoms with E-state index in [1.165, 1.54) is 27.3 Å². The molecule has 0 bridgehead atoms. The van der Waals surface area contributed by atoms with Crippen molar-refractivity contribution in [2.45, 2.75) is 18.9 Å². The van der Waals surface area contributed by atoms with E-state index in [2.05, 4.69) is 10.6 Å². The fraction of sp³-hybridized carbons (Fsp3) is 0.300. The van der Waals surface area contributed by atoms with Crippen LogP contribution in [0.2, 0.25) is 0 Å². The Morgan fingerprint density at radius 3 is 2.18 bits per heavy atom. The van der Waals surface area contributed by atoms with Crippen molar-refractivity contribution in [2.24, 2.45) is 0 Å². The molecule has 2 aromatic rings. The standard InChI is InChI=1S/C20H22F2N2O4/c1-23-20(26)19(13-5-6-16(21)17(22)10-13)24-18(25)7-4-12-8-14(27-2)11-15(9-12)28-3/h5-6,8-11,19H,4,7H2,1-3H3,(H,23,26)(H,24,25). The van der Waals surface area contributed by atoms with Crippen molar-refractivity contribution in [1.29, 1.82) is 0 Å².